The van der Waals surface area contributed by atoms with Gasteiger partial charge in [0.2, 0.25) is 0 Å². The molecule has 0 aliphatic rings. The lowest BCUT2D eigenvalue weighted by Gasteiger charge is -2.11. The molecule has 0 saturated heterocycles. The summed E-state index contributed by atoms with van der Waals surface area (Å²) in [6.45, 7) is 1.75. The Kier molecular flexibility index (Phi) is 6.47. The van der Waals surface area contributed by atoms with Crippen LogP contribution in [0.25, 0.3) is 0 Å². The molecule has 0 unspecified atom stereocenters. The molecule has 0 amide bonds. The van der Waals surface area contributed by atoms with Crippen molar-refractivity contribution in [2.75, 3.05) is 14.1 Å². The van der Waals surface area contributed by atoms with Crippen molar-refractivity contribution in [3.63, 3.8) is 0 Å². The minimum Gasteiger partial charge on any atom is -0.375 e. The van der Waals surface area contributed by atoms with Gasteiger partial charge in [0, 0.05) is 14.1 Å². The molecule has 8 heteroatoms. The molecular formula is C7H14N6S2. The van der Waals surface area contributed by atoms with E-state index < -0.39 is 0 Å². The molecule has 0 radical (unpaired) electrons. The number of hydrazone groups is 2. The molecule has 84 valence electrons. The van der Waals surface area contributed by atoms with E-state index in [4.69, 9.17) is 18.0 Å². The zero-order valence-corrected chi connectivity index (χ0v) is 10.4. The van der Waals surface area contributed by atoms with Crippen molar-refractivity contribution in [3.8, 4) is 0 Å². The highest BCUT2D eigenvalue weighted by Crippen LogP contribution is 1.77. The molecule has 0 aliphatic carbocycles. The normalized spacial score (nSPS) is 11.3. The third-order valence-corrected chi connectivity index (χ3v) is 1.71. The second-order valence-electron chi connectivity index (χ2n) is 2.80. The van der Waals surface area contributed by atoms with Gasteiger partial charge in [0.25, 0.3) is 0 Å². The van der Waals surface area contributed by atoms with Gasteiger partial charge < -0.3 is 10.6 Å². The summed E-state index contributed by atoms with van der Waals surface area (Å²) < 4.78 is 0. The van der Waals surface area contributed by atoms with Gasteiger partial charge in [0.1, 0.15) is 0 Å². The Morgan fingerprint density at radius 3 is 2.40 bits per heavy atom. The molecule has 0 saturated carbocycles. The molecular weight excluding hydrogens is 232 g/mol. The van der Waals surface area contributed by atoms with Gasteiger partial charge in [-0.05, 0) is 31.4 Å². The van der Waals surface area contributed by atoms with Gasteiger partial charge in [-0.15, -0.1) is 0 Å². The van der Waals surface area contributed by atoms with Crippen LogP contribution in [0.15, 0.2) is 10.2 Å². The van der Waals surface area contributed by atoms with E-state index in [2.05, 4.69) is 33.3 Å². The number of nitrogens with one attached hydrogen (secondary N) is 2. The van der Waals surface area contributed by atoms with Crippen LogP contribution in [0.1, 0.15) is 6.92 Å². The van der Waals surface area contributed by atoms with Gasteiger partial charge in [-0.1, -0.05) is 0 Å². The molecule has 0 heterocycles. The molecule has 0 aromatic carbocycles. The maximum absolute atomic E-state index is 5.18. The second kappa shape index (κ2) is 7.07. The summed E-state index contributed by atoms with van der Waals surface area (Å²) in [6.07, 6.45) is 1.50. The van der Waals surface area contributed by atoms with Crippen LogP contribution < -0.4 is 16.6 Å². The first-order chi connectivity index (χ1) is 6.93. The van der Waals surface area contributed by atoms with Crippen LogP contribution >= 0.6 is 24.4 Å². The van der Waals surface area contributed by atoms with Crippen molar-refractivity contribution >= 4 is 46.6 Å². The Labute approximate surface area is 99.6 Å². The van der Waals surface area contributed by atoms with Crippen LogP contribution in [-0.4, -0.2) is 41.1 Å². The van der Waals surface area contributed by atoms with Gasteiger partial charge in [-0.3, -0.25) is 10.9 Å². The lowest BCUT2D eigenvalue weighted by molar-refractivity contribution is 0.606. The van der Waals surface area contributed by atoms with E-state index in [-0.39, 0.29) is 5.11 Å². The van der Waals surface area contributed by atoms with Gasteiger partial charge in [0.15, 0.2) is 10.2 Å². The van der Waals surface area contributed by atoms with Crippen molar-refractivity contribution in [1.29, 1.82) is 0 Å². The number of hydrogen-bond acceptors (Lipinski definition) is 4. The Hall–Kier alpha value is -1.28. The molecule has 0 fully saturated rings. The first-order valence-corrected chi connectivity index (χ1v) is 4.85. The van der Waals surface area contributed by atoms with Crippen LogP contribution in [0.5, 0.6) is 0 Å². The zero-order valence-electron chi connectivity index (χ0n) is 8.81. The Morgan fingerprint density at radius 2 is 1.93 bits per heavy atom. The maximum Gasteiger partial charge on any atom is 0.189 e. The molecule has 0 rings (SSSR count). The van der Waals surface area contributed by atoms with Crippen LogP contribution in [-0.2, 0) is 0 Å². The molecule has 0 aliphatic heterocycles. The summed E-state index contributed by atoms with van der Waals surface area (Å²) in [5.41, 5.74) is 10.9. The fraction of sp³-hybridized carbons (Fsp3) is 0.429. The minimum absolute atomic E-state index is 0.111. The molecule has 0 bridgehead atoms. The molecule has 0 atom stereocenters. The average molecular weight is 246 g/mol. The van der Waals surface area contributed by atoms with Gasteiger partial charge in [0.05, 0.1) is 11.9 Å². The number of nitrogens with two attached hydrogens (primary N) is 1. The Morgan fingerprint density at radius 1 is 1.33 bits per heavy atom. The van der Waals surface area contributed by atoms with E-state index in [1.165, 1.54) is 6.21 Å². The van der Waals surface area contributed by atoms with Gasteiger partial charge in [-0.2, -0.15) is 10.2 Å². The van der Waals surface area contributed by atoms with Crippen molar-refractivity contribution in [1.82, 2.24) is 15.8 Å². The van der Waals surface area contributed by atoms with E-state index in [1.54, 1.807) is 11.8 Å². The molecule has 15 heavy (non-hydrogen) atoms. The van der Waals surface area contributed by atoms with Crippen LogP contribution in [0.2, 0.25) is 0 Å². The average Bonchev–Trinajstić information content (AvgIpc) is 2.14. The smallest absolute Gasteiger partial charge is 0.189 e. The first kappa shape index (κ1) is 13.7. The first-order valence-electron chi connectivity index (χ1n) is 4.03. The van der Waals surface area contributed by atoms with Gasteiger partial charge in [-0.25, -0.2) is 0 Å². The largest absolute Gasteiger partial charge is 0.375 e. The third kappa shape index (κ3) is 7.77. The number of rotatable bonds is 3. The predicted octanol–water partition coefficient (Wildman–Crippen LogP) is -0.383. The van der Waals surface area contributed by atoms with E-state index in [0.29, 0.717) is 10.8 Å². The maximum atomic E-state index is 5.18. The van der Waals surface area contributed by atoms with Gasteiger partial charge >= 0.3 is 0 Å². The fourth-order valence-corrected chi connectivity index (χ4v) is 0.551. The summed E-state index contributed by atoms with van der Waals surface area (Å²) in [5.74, 6) is 0. The lowest BCUT2D eigenvalue weighted by Crippen LogP contribution is -2.31. The van der Waals surface area contributed by atoms with E-state index >= 15 is 0 Å². The topological polar surface area (TPSA) is 78.0 Å². The highest BCUT2D eigenvalue weighted by Gasteiger charge is 1.93. The van der Waals surface area contributed by atoms with Crippen LogP contribution in [0, 0.1) is 0 Å². The quantitative estimate of drug-likeness (QED) is 0.358. The van der Waals surface area contributed by atoms with E-state index in [0.717, 1.165) is 0 Å². The Bertz CT molecular complexity index is 296. The SMILES string of the molecule is CC(/C=N\NC(=S)N(C)C)=N/NC(N)=S. The second-order valence-corrected chi connectivity index (χ2v) is 3.63. The molecule has 4 N–H and O–H groups in total. The highest BCUT2D eigenvalue weighted by molar-refractivity contribution is 7.80. The van der Waals surface area contributed by atoms with Crippen LogP contribution in [0.3, 0.4) is 0 Å². The lowest BCUT2D eigenvalue weighted by atomic mass is 10.5. The summed E-state index contributed by atoms with van der Waals surface area (Å²) in [5, 5.41) is 8.30. The fourth-order valence-electron chi connectivity index (χ4n) is 0.453. The van der Waals surface area contributed by atoms with Crippen molar-refractivity contribution in [2.24, 2.45) is 15.9 Å². The third-order valence-electron chi connectivity index (χ3n) is 1.16. The standard InChI is InChI=1S/C7H14N6S2/c1-5(10-11-6(8)14)4-9-12-7(15)13(2)3/h4H,1-3H3,(H,12,15)(H3,8,11,14)/b9-4-,10-5-. The predicted molar refractivity (Wildman–Crippen MR) is 70.9 cm³/mol. The van der Waals surface area contributed by atoms with E-state index in [9.17, 15) is 0 Å². The van der Waals surface area contributed by atoms with Crippen molar-refractivity contribution < 1.29 is 0 Å². The van der Waals surface area contributed by atoms with Crippen LogP contribution in [0.4, 0.5) is 0 Å². The Balaban J connectivity index is 4.01. The summed E-state index contributed by atoms with van der Waals surface area (Å²) in [7, 11) is 3.64. The monoisotopic (exact) mass is 246 g/mol. The van der Waals surface area contributed by atoms with Crippen molar-refractivity contribution in [3.05, 3.63) is 0 Å². The number of nitrogens with zero attached hydrogens (tertiary/aromatic N) is 3. The summed E-state index contributed by atoms with van der Waals surface area (Å²) in [6, 6.07) is 0. The molecule has 0 spiro atoms. The van der Waals surface area contributed by atoms with Crippen molar-refractivity contribution in [2.45, 2.75) is 6.92 Å². The summed E-state index contributed by atoms with van der Waals surface area (Å²) in [4.78, 5) is 1.73. The molecule has 0 aromatic heterocycles. The minimum atomic E-state index is 0.111. The molecule has 6 nitrogen and oxygen atoms in total. The zero-order chi connectivity index (χ0) is 11.8. The number of hydrogen-bond donors (Lipinski definition) is 3. The van der Waals surface area contributed by atoms with E-state index in [1.807, 2.05) is 14.1 Å². The molecule has 0 aromatic rings. The highest BCUT2D eigenvalue weighted by atomic mass is 32.1. The summed E-state index contributed by atoms with van der Waals surface area (Å²) >= 11 is 9.52. The number of thiocarbonyl (C=S) groups is 2.